The lowest BCUT2D eigenvalue weighted by Gasteiger charge is -2.19. The fourth-order valence-corrected chi connectivity index (χ4v) is 2.71. The van der Waals surface area contributed by atoms with E-state index in [1.54, 1.807) is 16.2 Å². The molecule has 0 bridgehead atoms. The van der Waals surface area contributed by atoms with Gasteiger partial charge in [-0.3, -0.25) is 4.90 Å². The molecule has 0 atom stereocenters. The van der Waals surface area contributed by atoms with Gasteiger partial charge in [0.25, 0.3) is 6.43 Å². The Morgan fingerprint density at radius 2 is 2.06 bits per heavy atom. The van der Waals surface area contributed by atoms with Crippen LogP contribution in [0, 0.1) is 0 Å². The van der Waals surface area contributed by atoms with Crippen molar-refractivity contribution in [3.8, 4) is 0 Å². The molecule has 0 aliphatic carbocycles. The highest BCUT2D eigenvalue weighted by Gasteiger charge is 2.12. The van der Waals surface area contributed by atoms with Crippen LogP contribution >= 0.6 is 22.9 Å². The van der Waals surface area contributed by atoms with Gasteiger partial charge in [0.05, 0.1) is 6.54 Å². The van der Waals surface area contributed by atoms with Crippen molar-refractivity contribution in [2.45, 2.75) is 26.3 Å². The Balaban J connectivity index is 2.52. The van der Waals surface area contributed by atoms with Gasteiger partial charge in [-0.25, -0.2) is 8.78 Å². The standard InChI is InChI=1S/C11H16ClF2NS/c1-2-9-3-4-10(16-9)7-15(6-5-12)8-11(13)14/h3-4,11H,2,5-8H2,1H3. The Hall–Kier alpha value is -0.190. The zero-order valence-electron chi connectivity index (χ0n) is 9.26. The second kappa shape index (κ2) is 7.20. The first kappa shape index (κ1) is 13.9. The first-order valence-corrected chi connectivity index (χ1v) is 6.64. The van der Waals surface area contributed by atoms with Gasteiger partial charge in [-0.2, -0.15) is 0 Å². The Morgan fingerprint density at radius 3 is 2.56 bits per heavy atom. The number of thiophene rings is 1. The van der Waals surface area contributed by atoms with Crippen LogP contribution in [0.2, 0.25) is 0 Å². The van der Waals surface area contributed by atoms with E-state index in [-0.39, 0.29) is 6.54 Å². The maximum absolute atomic E-state index is 12.3. The van der Waals surface area contributed by atoms with Crippen molar-refractivity contribution in [2.24, 2.45) is 0 Å². The smallest absolute Gasteiger partial charge is 0.251 e. The Kier molecular flexibility index (Phi) is 6.24. The van der Waals surface area contributed by atoms with Crippen molar-refractivity contribution >= 4 is 22.9 Å². The number of alkyl halides is 3. The van der Waals surface area contributed by atoms with Gasteiger partial charge in [0.2, 0.25) is 0 Å². The third-order valence-corrected chi connectivity index (χ3v) is 3.63. The van der Waals surface area contributed by atoms with Crippen molar-refractivity contribution in [1.29, 1.82) is 0 Å². The molecule has 0 spiro atoms. The average molecular weight is 268 g/mol. The Morgan fingerprint density at radius 1 is 1.38 bits per heavy atom. The van der Waals surface area contributed by atoms with Crippen LogP contribution in [-0.4, -0.2) is 30.3 Å². The fourth-order valence-electron chi connectivity index (χ4n) is 1.47. The predicted octanol–water partition coefficient (Wildman–Crippen LogP) is 3.62. The van der Waals surface area contributed by atoms with Gasteiger partial charge in [0, 0.05) is 28.7 Å². The number of aryl methyl sites for hydroxylation is 1. The molecule has 92 valence electrons. The van der Waals surface area contributed by atoms with Gasteiger partial charge in [0.1, 0.15) is 0 Å². The summed E-state index contributed by atoms with van der Waals surface area (Å²) in [7, 11) is 0. The molecule has 0 aliphatic heterocycles. The summed E-state index contributed by atoms with van der Waals surface area (Å²) in [5.74, 6) is 0.388. The molecule has 1 heterocycles. The lowest BCUT2D eigenvalue weighted by molar-refractivity contribution is 0.0883. The van der Waals surface area contributed by atoms with Crippen LogP contribution in [0.1, 0.15) is 16.7 Å². The summed E-state index contributed by atoms with van der Waals surface area (Å²) in [5, 5.41) is 0. The fraction of sp³-hybridized carbons (Fsp3) is 0.636. The number of hydrogen-bond donors (Lipinski definition) is 0. The highest BCUT2D eigenvalue weighted by molar-refractivity contribution is 7.11. The van der Waals surface area contributed by atoms with E-state index in [1.807, 2.05) is 6.07 Å². The van der Waals surface area contributed by atoms with Crippen LogP contribution < -0.4 is 0 Å². The van der Waals surface area contributed by atoms with Gasteiger partial charge in [-0.05, 0) is 18.6 Å². The van der Waals surface area contributed by atoms with Crippen molar-refractivity contribution in [1.82, 2.24) is 4.90 Å². The zero-order chi connectivity index (χ0) is 12.0. The third-order valence-electron chi connectivity index (χ3n) is 2.24. The molecule has 0 amide bonds. The normalized spacial score (nSPS) is 11.6. The van der Waals surface area contributed by atoms with Gasteiger partial charge in [-0.15, -0.1) is 22.9 Å². The SMILES string of the molecule is CCc1ccc(CN(CCCl)CC(F)F)s1. The predicted molar refractivity (Wildman–Crippen MR) is 65.7 cm³/mol. The molecular formula is C11H16ClF2NS. The number of halogens is 3. The average Bonchev–Trinajstić information content (AvgIpc) is 2.65. The first-order valence-electron chi connectivity index (χ1n) is 5.29. The minimum absolute atomic E-state index is 0.202. The minimum Gasteiger partial charge on any atom is -0.291 e. The molecule has 0 fully saturated rings. The molecule has 0 radical (unpaired) electrons. The molecule has 1 rings (SSSR count). The molecule has 1 nitrogen and oxygen atoms in total. The van der Waals surface area contributed by atoms with E-state index in [0.717, 1.165) is 11.3 Å². The van der Waals surface area contributed by atoms with Crippen molar-refractivity contribution in [2.75, 3.05) is 19.0 Å². The van der Waals surface area contributed by atoms with E-state index < -0.39 is 6.43 Å². The van der Waals surface area contributed by atoms with E-state index in [9.17, 15) is 8.78 Å². The van der Waals surface area contributed by atoms with Crippen LogP contribution in [0.15, 0.2) is 12.1 Å². The molecule has 0 aromatic carbocycles. The molecule has 0 aliphatic rings. The summed E-state index contributed by atoms with van der Waals surface area (Å²) >= 11 is 7.28. The van der Waals surface area contributed by atoms with E-state index in [1.165, 1.54) is 4.88 Å². The molecule has 0 saturated heterocycles. The number of hydrogen-bond acceptors (Lipinski definition) is 2. The highest BCUT2D eigenvalue weighted by atomic mass is 35.5. The third kappa shape index (κ3) is 4.76. The molecule has 0 N–H and O–H groups in total. The molecule has 1 aromatic heterocycles. The van der Waals surface area contributed by atoms with Gasteiger partial charge in [0.15, 0.2) is 0 Å². The molecule has 0 saturated carbocycles. The van der Waals surface area contributed by atoms with E-state index >= 15 is 0 Å². The summed E-state index contributed by atoms with van der Waals surface area (Å²) < 4.78 is 24.6. The topological polar surface area (TPSA) is 3.24 Å². The van der Waals surface area contributed by atoms with E-state index in [2.05, 4.69) is 13.0 Å². The summed E-state index contributed by atoms with van der Waals surface area (Å²) in [5.41, 5.74) is 0. The summed E-state index contributed by atoms with van der Waals surface area (Å²) in [6.45, 7) is 2.96. The van der Waals surface area contributed by atoms with Crippen molar-refractivity contribution < 1.29 is 8.78 Å². The number of rotatable bonds is 7. The van der Waals surface area contributed by atoms with Gasteiger partial charge in [-0.1, -0.05) is 6.92 Å². The van der Waals surface area contributed by atoms with E-state index in [4.69, 9.17) is 11.6 Å². The summed E-state index contributed by atoms with van der Waals surface area (Å²) in [4.78, 5) is 4.11. The van der Waals surface area contributed by atoms with Crippen LogP contribution in [0.5, 0.6) is 0 Å². The quantitative estimate of drug-likeness (QED) is 0.682. The van der Waals surface area contributed by atoms with Crippen molar-refractivity contribution in [3.63, 3.8) is 0 Å². The molecule has 5 heteroatoms. The lowest BCUT2D eigenvalue weighted by atomic mass is 10.3. The van der Waals surface area contributed by atoms with E-state index in [0.29, 0.717) is 19.0 Å². The Bertz CT molecular complexity index is 304. The molecule has 16 heavy (non-hydrogen) atoms. The second-order valence-corrected chi connectivity index (χ2v) is 5.17. The minimum atomic E-state index is -2.30. The molecular weight excluding hydrogens is 252 g/mol. The van der Waals surface area contributed by atoms with Gasteiger partial charge >= 0.3 is 0 Å². The zero-order valence-corrected chi connectivity index (χ0v) is 10.8. The van der Waals surface area contributed by atoms with Crippen LogP contribution in [0.3, 0.4) is 0 Å². The Labute approximate surface area is 104 Å². The first-order chi connectivity index (χ1) is 7.65. The highest BCUT2D eigenvalue weighted by Crippen LogP contribution is 2.19. The monoisotopic (exact) mass is 267 g/mol. The largest absolute Gasteiger partial charge is 0.291 e. The summed E-state index contributed by atoms with van der Waals surface area (Å²) in [6.07, 6.45) is -1.30. The lowest BCUT2D eigenvalue weighted by Crippen LogP contribution is -2.30. The second-order valence-electron chi connectivity index (χ2n) is 3.54. The number of nitrogens with zero attached hydrogens (tertiary/aromatic N) is 1. The summed E-state index contributed by atoms with van der Waals surface area (Å²) in [6, 6.07) is 4.07. The van der Waals surface area contributed by atoms with Crippen LogP contribution in [-0.2, 0) is 13.0 Å². The van der Waals surface area contributed by atoms with Crippen LogP contribution in [0.4, 0.5) is 8.78 Å². The van der Waals surface area contributed by atoms with Gasteiger partial charge < -0.3 is 0 Å². The molecule has 0 unspecified atom stereocenters. The maximum atomic E-state index is 12.3. The van der Waals surface area contributed by atoms with Crippen LogP contribution in [0.25, 0.3) is 0 Å². The molecule has 1 aromatic rings. The van der Waals surface area contributed by atoms with Crippen molar-refractivity contribution in [3.05, 3.63) is 21.9 Å². The maximum Gasteiger partial charge on any atom is 0.251 e.